The number of Topliss-reactive ketones (excluding diaryl/α,β-unsaturated/α-hetero) is 1. The summed E-state index contributed by atoms with van der Waals surface area (Å²) in [4.78, 5) is 23.6. The van der Waals surface area contributed by atoms with Crippen molar-refractivity contribution in [2.45, 2.75) is 38.8 Å². The molecule has 0 bridgehead atoms. The Morgan fingerprint density at radius 2 is 2.13 bits per heavy atom. The summed E-state index contributed by atoms with van der Waals surface area (Å²) >= 11 is 0. The molecule has 1 heterocycles. The fourth-order valence-corrected chi connectivity index (χ4v) is 1.78. The van der Waals surface area contributed by atoms with Crippen LogP contribution < -0.4 is 5.73 Å². The van der Waals surface area contributed by atoms with Crippen LogP contribution >= 0.6 is 0 Å². The highest BCUT2D eigenvalue weighted by Gasteiger charge is 2.39. The molecule has 1 rings (SSSR count). The molecule has 1 amide bonds. The second kappa shape index (κ2) is 4.61. The Labute approximate surface area is 89.2 Å². The molecule has 15 heavy (non-hydrogen) atoms. The van der Waals surface area contributed by atoms with E-state index < -0.39 is 18.2 Å². The van der Waals surface area contributed by atoms with Gasteiger partial charge in [-0.25, -0.2) is 4.79 Å². The molecule has 1 aliphatic rings. The van der Waals surface area contributed by atoms with Gasteiger partial charge in [-0.2, -0.15) is 0 Å². The van der Waals surface area contributed by atoms with Crippen molar-refractivity contribution in [2.24, 2.45) is 11.7 Å². The maximum Gasteiger partial charge on any atom is 0.407 e. The Morgan fingerprint density at radius 3 is 2.47 bits per heavy atom. The van der Waals surface area contributed by atoms with E-state index in [4.69, 9.17) is 10.8 Å². The van der Waals surface area contributed by atoms with Crippen molar-refractivity contribution in [1.82, 2.24) is 4.90 Å². The summed E-state index contributed by atoms with van der Waals surface area (Å²) in [5.41, 5.74) is 5.72. The summed E-state index contributed by atoms with van der Waals surface area (Å²) in [6.45, 7) is 4.42. The number of nitrogens with two attached hydrogens (primary N) is 1. The molecule has 2 atom stereocenters. The highest BCUT2D eigenvalue weighted by Crippen LogP contribution is 2.20. The summed E-state index contributed by atoms with van der Waals surface area (Å²) in [5, 5.41) is 8.75. The molecule has 5 heteroatoms. The summed E-state index contributed by atoms with van der Waals surface area (Å²) in [7, 11) is 0. The van der Waals surface area contributed by atoms with Crippen molar-refractivity contribution in [3.63, 3.8) is 0 Å². The van der Waals surface area contributed by atoms with Gasteiger partial charge in [0, 0.05) is 6.54 Å². The summed E-state index contributed by atoms with van der Waals surface area (Å²) in [6, 6.07) is -1.03. The number of hydrogen-bond acceptors (Lipinski definition) is 3. The quantitative estimate of drug-likeness (QED) is 0.720. The predicted molar refractivity (Wildman–Crippen MR) is 55.6 cm³/mol. The second-order valence-corrected chi connectivity index (χ2v) is 4.42. The minimum atomic E-state index is -1.03. The third-order valence-corrected chi connectivity index (χ3v) is 2.68. The molecule has 0 aromatic carbocycles. The van der Waals surface area contributed by atoms with Crippen molar-refractivity contribution in [3.8, 4) is 0 Å². The summed E-state index contributed by atoms with van der Waals surface area (Å²) in [6.07, 6.45) is 0.191. The van der Waals surface area contributed by atoms with Crippen LogP contribution in [-0.4, -0.2) is 40.5 Å². The lowest BCUT2D eigenvalue weighted by molar-refractivity contribution is -0.129. The molecule has 3 N–H and O–H groups in total. The maximum absolute atomic E-state index is 11.7. The number of nitrogens with zero attached hydrogens (tertiary/aromatic N) is 1. The van der Waals surface area contributed by atoms with Gasteiger partial charge in [0.15, 0.2) is 5.78 Å². The highest BCUT2D eigenvalue weighted by molar-refractivity contribution is 5.92. The van der Waals surface area contributed by atoms with E-state index in [1.54, 1.807) is 0 Å². The van der Waals surface area contributed by atoms with E-state index in [0.717, 1.165) is 4.90 Å². The Morgan fingerprint density at radius 1 is 1.53 bits per heavy atom. The van der Waals surface area contributed by atoms with Crippen molar-refractivity contribution >= 4 is 11.9 Å². The van der Waals surface area contributed by atoms with Gasteiger partial charge in [-0.15, -0.1) is 0 Å². The minimum absolute atomic E-state index is 0.141. The number of amides is 1. The van der Waals surface area contributed by atoms with Gasteiger partial charge in [-0.3, -0.25) is 9.69 Å². The Kier molecular flexibility index (Phi) is 3.68. The lowest BCUT2D eigenvalue weighted by Crippen LogP contribution is -2.58. The molecule has 0 radical (unpaired) electrons. The zero-order valence-electron chi connectivity index (χ0n) is 9.14. The first kappa shape index (κ1) is 12.0. The van der Waals surface area contributed by atoms with E-state index in [9.17, 15) is 9.59 Å². The average molecular weight is 214 g/mol. The van der Waals surface area contributed by atoms with E-state index in [-0.39, 0.29) is 5.78 Å². The SMILES string of the molecule is CC(C)CC(N)C(=O)C1CCN1C(=O)O. The molecule has 1 saturated heterocycles. The van der Waals surface area contributed by atoms with Gasteiger partial charge < -0.3 is 10.8 Å². The molecular formula is C10H18N2O3. The van der Waals surface area contributed by atoms with E-state index in [2.05, 4.69) is 0 Å². The van der Waals surface area contributed by atoms with Gasteiger partial charge >= 0.3 is 6.09 Å². The molecule has 0 aromatic heterocycles. The summed E-state index contributed by atoms with van der Waals surface area (Å²) in [5.74, 6) is 0.208. The second-order valence-electron chi connectivity index (χ2n) is 4.42. The topological polar surface area (TPSA) is 83.6 Å². The first-order valence-corrected chi connectivity index (χ1v) is 5.22. The molecule has 1 aliphatic heterocycles. The number of likely N-dealkylation sites (tertiary alicyclic amines) is 1. The number of carbonyl (C=O) groups is 2. The van der Waals surface area contributed by atoms with Gasteiger partial charge in [-0.1, -0.05) is 13.8 Å². The zero-order valence-corrected chi connectivity index (χ0v) is 9.14. The van der Waals surface area contributed by atoms with E-state index in [0.29, 0.717) is 25.3 Å². The molecule has 5 nitrogen and oxygen atoms in total. The van der Waals surface area contributed by atoms with Crippen LogP contribution in [-0.2, 0) is 4.79 Å². The van der Waals surface area contributed by atoms with Crippen LogP contribution in [0.5, 0.6) is 0 Å². The molecule has 0 spiro atoms. The van der Waals surface area contributed by atoms with Crippen LogP contribution in [0.1, 0.15) is 26.7 Å². The molecule has 0 aliphatic carbocycles. The van der Waals surface area contributed by atoms with Crippen molar-refractivity contribution in [2.75, 3.05) is 6.54 Å². The fourth-order valence-electron chi connectivity index (χ4n) is 1.78. The number of hydrogen-bond donors (Lipinski definition) is 2. The standard InChI is InChI=1S/C10H18N2O3/c1-6(2)5-7(11)9(13)8-3-4-12(8)10(14)15/h6-8H,3-5,11H2,1-2H3,(H,14,15). The fraction of sp³-hybridized carbons (Fsp3) is 0.800. The van der Waals surface area contributed by atoms with Gasteiger partial charge in [0.1, 0.15) is 0 Å². The van der Waals surface area contributed by atoms with Crippen LogP contribution in [0, 0.1) is 5.92 Å². The predicted octanol–water partition coefficient (Wildman–Crippen LogP) is 0.681. The van der Waals surface area contributed by atoms with E-state index in [1.807, 2.05) is 13.8 Å². The molecule has 0 saturated carbocycles. The Hall–Kier alpha value is -1.10. The smallest absolute Gasteiger partial charge is 0.407 e. The minimum Gasteiger partial charge on any atom is -0.465 e. The first-order chi connectivity index (χ1) is 6.93. The van der Waals surface area contributed by atoms with Crippen LogP contribution in [0.2, 0.25) is 0 Å². The normalized spacial score (nSPS) is 22.4. The van der Waals surface area contributed by atoms with Crippen LogP contribution in [0.15, 0.2) is 0 Å². The average Bonchev–Trinajstić information content (AvgIpc) is 1.99. The number of carbonyl (C=O) groups excluding carboxylic acids is 1. The third kappa shape index (κ3) is 2.68. The maximum atomic E-state index is 11.7. The van der Waals surface area contributed by atoms with Gasteiger partial charge in [0.05, 0.1) is 12.1 Å². The molecule has 1 fully saturated rings. The van der Waals surface area contributed by atoms with Crippen molar-refractivity contribution < 1.29 is 14.7 Å². The summed E-state index contributed by atoms with van der Waals surface area (Å²) < 4.78 is 0. The van der Waals surface area contributed by atoms with Crippen LogP contribution in [0.4, 0.5) is 4.79 Å². The Balaban J connectivity index is 2.50. The lowest BCUT2D eigenvalue weighted by Gasteiger charge is -2.38. The van der Waals surface area contributed by atoms with Crippen LogP contribution in [0.25, 0.3) is 0 Å². The third-order valence-electron chi connectivity index (χ3n) is 2.68. The Bertz CT molecular complexity index is 265. The zero-order chi connectivity index (χ0) is 11.6. The monoisotopic (exact) mass is 214 g/mol. The largest absolute Gasteiger partial charge is 0.465 e. The molecule has 2 unspecified atom stereocenters. The number of ketones is 1. The number of carboxylic acid groups (broad SMARTS) is 1. The number of rotatable bonds is 4. The van der Waals surface area contributed by atoms with Crippen LogP contribution in [0.3, 0.4) is 0 Å². The van der Waals surface area contributed by atoms with E-state index in [1.165, 1.54) is 0 Å². The van der Waals surface area contributed by atoms with Gasteiger partial charge in [0.2, 0.25) is 0 Å². The van der Waals surface area contributed by atoms with Crippen molar-refractivity contribution in [1.29, 1.82) is 0 Å². The highest BCUT2D eigenvalue weighted by atomic mass is 16.4. The molecular weight excluding hydrogens is 196 g/mol. The van der Waals surface area contributed by atoms with Gasteiger partial charge in [-0.05, 0) is 18.8 Å². The molecule has 86 valence electrons. The van der Waals surface area contributed by atoms with Gasteiger partial charge in [0.25, 0.3) is 0 Å². The first-order valence-electron chi connectivity index (χ1n) is 5.22. The lowest BCUT2D eigenvalue weighted by atomic mass is 9.91. The van der Waals surface area contributed by atoms with Crippen molar-refractivity contribution in [3.05, 3.63) is 0 Å². The molecule has 0 aromatic rings. The van der Waals surface area contributed by atoms with E-state index >= 15 is 0 Å².